The smallest absolute Gasteiger partial charge is 0.165 e. The summed E-state index contributed by atoms with van der Waals surface area (Å²) in [6.45, 7) is 7.67. The average molecular weight is 260 g/mol. The van der Waals surface area contributed by atoms with Crippen molar-refractivity contribution in [1.29, 1.82) is 0 Å². The van der Waals surface area contributed by atoms with Gasteiger partial charge in [0, 0.05) is 18.2 Å². The molecule has 3 nitrogen and oxygen atoms in total. The number of hydrogen-bond acceptors (Lipinski definition) is 3. The normalized spacial score (nSPS) is 9.94. The van der Waals surface area contributed by atoms with E-state index in [0.29, 0.717) is 12.6 Å². The van der Waals surface area contributed by atoms with Crippen LogP contribution in [0.2, 0.25) is 0 Å². The zero-order valence-corrected chi connectivity index (χ0v) is 11.8. The van der Waals surface area contributed by atoms with E-state index >= 15 is 0 Å². The number of halogens is 1. The molecule has 0 aliphatic heterocycles. The Labute approximate surface area is 110 Å². The van der Waals surface area contributed by atoms with Crippen molar-refractivity contribution in [3.63, 3.8) is 0 Å². The van der Waals surface area contributed by atoms with Crippen LogP contribution in [-0.4, -0.2) is 19.8 Å². The molecule has 1 N–H and O–H groups in total. The summed E-state index contributed by atoms with van der Waals surface area (Å²) in [5.74, 6) is 1.64. The maximum atomic E-state index is 5.63. The molecule has 0 aliphatic rings. The van der Waals surface area contributed by atoms with E-state index in [1.54, 1.807) is 7.11 Å². The van der Waals surface area contributed by atoms with E-state index in [1.165, 1.54) is 0 Å². The van der Waals surface area contributed by atoms with Gasteiger partial charge in [-0.2, -0.15) is 0 Å². The lowest BCUT2D eigenvalue weighted by Gasteiger charge is -2.15. The molecule has 0 heterocycles. The molecule has 0 unspecified atom stereocenters. The van der Waals surface area contributed by atoms with Crippen LogP contribution in [0.3, 0.4) is 0 Å². The third kappa shape index (κ3) is 4.84. The lowest BCUT2D eigenvalue weighted by atomic mass is 10.1. The van der Waals surface area contributed by atoms with Gasteiger partial charge in [0.05, 0.1) is 13.7 Å². The largest absolute Gasteiger partial charge is 0.493 e. The highest BCUT2D eigenvalue weighted by molar-refractivity contribution is 5.85. The number of rotatable bonds is 6. The predicted molar refractivity (Wildman–Crippen MR) is 73.4 cm³/mol. The molecule has 0 fully saturated rings. The molecule has 0 aliphatic carbocycles. The number of ether oxygens (including phenoxy) is 2. The Bertz CT molecular complexity index is 329. The fourth-order valence-corrected chi connectivity index (χ4v) is 1.48. The van der Waals surface area contributed by atoms with Crippen LogP contribution in [0.5, 0.6) is 11.5 Å². The number of methoxy groups -OCH3 is 1. The summed E-state index contributed by atoms with van der Waals surface area (Å²) >= 11 is 0. The molecule has 0 aromatic heterocycles. The average Bonchev–Trinajstić information content (AvgIpc) is 2.27. The van der Waals surface area contributed by atoms with Gasteiger partial charge in [0.1, 0.15) is 0 Å². The molecule has 1 aromatic rings. The second kappa shape index (κ2) is 8.20. The van der Waals surface area contributed by atoms with Crippen molar-refractivity contribution in [2.24, 2.45) is 0 Å². The maximum absolute atomic E-state index is 5.63. The molecule has 1 rings (SSSR count). The first-order valence-corrected chi connectivity index (χ1v) is 5.71. The van der Waals surface area contributed by atoms with E-state index in [9.17, 15) is 0 Å². The molecular weight excluding hydrogens is 238 g/mol. The van der Waals surface area contributed by atoms with Gasteiger partial charge in [-0.3, -0.25) is 0 Å². The van der Waals surface area contributed by atoms with Gasteiger partial charge in [0.25, 0.3) is 0 Å². The highest BCUT2D eigenvalue weighted by Crippen LogP contribution is 2.30. The molecule has 0 radical (unpaired) electrons. The van der Waals surface area contributed by atoms with E-state index in [0.717, 1.165) is 23.6 Å². The summed E-state index contributed by atoms with van der Waals surface area (Å²) in [7, 11) is 1.66. The van der Waals surface area contributed by atoms with Crippen LogP contribution in [0.25, 0.3) is 0 Å². The van der Waals surface area contributed by atoms with Gasteiger partial charge in [0.15, 0.2) is 11.5 Å². The van der Waals surface area contributed by atoms with Crippen molar-refractivity contribution in [2.45, 2.75) is 33.4 Å². The van der Waals surface area contributed by atoms with Crippen molar-refractivity contribution in [3.8, 4) is 11.5 Å². The van der Waals surface area contributed by atoms with Gasteiger partial charge in [-0.25, -0.2) is 0 Å². The van der Waals surface area contributed by atoms with Crippen LogP contribution in [0.15, 0.2) is 18.2 Å². The topological polar surface area (TPSA) is 30.5 Å². The lowest BCUT2D eigenvalue weighted by Crippen LogP contribution is -2.22. The first kappa shape index (κ1) is 16.1. The van der Waals surface area contributed by atoms with Crippen molar-refractivity contribution < 1.29 is 9.47 Å². The van der Waals surface area contributed by atoms with Crippen LogP contribution >= 0.6 is 12.4 Å². The van der Waals surface area contributed by atoms with E-state index in [-0.39, 0.29) is 12.4 Å². The van der Waals surface area contributed by atoms with Gasteiger partial charge < -0.3 is 14.8 Å². The highest BCUT2D eigenvalue weighted by Gasteiger charge is 2.09. The van der Waals surface area contributed by atoms with Gasteiger partial charge in [-0.1, -0.05) is 26.0 Å². The third-order valence-electron chi connectivity index (χ3n) is 2.27. The minimum Gasteiger partial charge on any atom is -0.493 e. The van der Waals surface area contributed by atoms with Gasteiger partial charge in [-0.05, 0) is 13.0 Å². The molecule has 98 valence electrons. The van der Waals surface area contributed by atoms with E-state index in [4.69, 9.17) is 9.47 Å². The summed E-state index contributed by atoms with van der Waals surface area (Å²) in [5.41, 5.74) is 1.13. The maximum Gasteiger partial charge on any atom is 0.165 e. The standard InChI is InChI=1S/C13H21NO2.ClH/c1-5-16-13-11(9-14-10(2)3)7-6-8-12(13)15-4;/h6-8,10,14H,5,9H2,1-4H3;1H. The summed E-state index contributed by atoms with van der Waals surface area (Å²) < 4.78 is 10.9. The van der Waals surface area contributed by atoms with Crippen molar-refractivity contribution in [1.82, 2.24) is 5.32 Å². The molecule has 0 bridgehead atoms. The highest BCUT2D eigenvalue weighted by atomic mass is 35.5. The Morgan fingerprint density at radius 3 is 2.53 bits per heavy atom. The number of para-hydroxylation sites is 1. The minimum absolute atomic E-state index is 0. The van der Waals surface area contributed by atoms with E-state index in [2.05, 4.69) is 25.2 Å². The summed E-state index contributed by atoms with van der Waals surface area (Å²) in [4.78, 5) is 0. The molecule has 0 saturated heterocycles. The zero-order chi connectivity index (χ0) is 12.0. The Balaban J connectivity index is 0.00000256. The summed E-state index contributed by atoms with van der Waals surface area (Å²) in [6, 6.07) is 6.42. The van der Waals surface area contributed by atoms with Crippen molar-refractivity contribution >= 4 is 12.4 Å². The quantitative estimate of drug-likeness (QED) is 0.852. The molecule has 1 aromatic carbocycles. The Kier molecular flexibility index (Phi) is 7.75. The summed E-state index contributed by atoms with van der Waals surface area (Å²) in [6.07, 6.45) is 0. The molecule has 0 amide bonds. The van der Waals surface area contributed by atoms with Crippen molar-refractivity contribution in [3.05, 3.63) is 23.8 Å². The first-order valence-electron chi connectivity index (χ1n) is 5.71. The Morgan fingerprint density at radius 2 is 2.00 bits per heavy atom. The van der Waals surface area contributed by atoms with Crippen LogP contribution < -0.4 is 14.8 Å². The van der Waals surface area contributed by atoms with E-state index < -0.39 is 0 Å². The molecule has 0 spiro atoms. The molecule has 4 heteroatoms. The fourth-order valence-electron chi connectivity index (χ4n) is 1.48. The Hall–Kier alpha value is -0.930. The number of hydrogen-bond donors (Lipinski definition) is 1. The van der Waals surface area contributed by atoms with Crippen LogP contribution in [0.4, 0.5) is 0 Å². The zero-order valence-electron chi connectivity index (χ0n) is 10.9. The van der Waals surface area contributed by atoms with Gasteiger partial charge in [0.2, 0.25) is 0 Å². The second-order valence-corrected chi connectivity index (χ2v) is 3.92. The van der Waals surface area contributed by atoms with Crippen LogP contribution in [-0.2, 0) is 6.54 Å². The molecule has 17 heavy (non-hydrogen) atoms. The Morgan fingerprint density at radius 1 is 1.29 bits per heavy atom. The molecule has 0 saturated carbocycles. The SMILES string of the molecule is CCOc1c(CNC(C)C)cccc1OC.Cl. The monoisotopic (exact) mass is 259 g/mol. The lowest BCUT2D eigenvalue weighted by molar-refractivity contribution is 0.306. The summed E-state index contributed by atoms with van der Waals surface area (Å²) in [5, 5.41) is 3.38. The van der Waals surface area contributed by atoms with Gasteiger partial charge in [-0.15, -0.1) is 12.4 Å². The number of benzene rings is 1. The third-order valence-corrected chi connectivity index (χ3v) is 2.27. The van der Waals surface area contributed by atoms with Crippen LogP contribution in [0.1, 0.15) is 26.3 Å². The van der Waals surface area contributed by atoms with E-state index in [1.807, 2.05) is 19.1 Å². The second-order valence-electron chi connectivity index (χ2n) is 3.92. The first-order chi connectivity index (χ1) is 7.69. The fraction of sp³-hybridized carbons (Fsp3) is 0.538. The molecular formula is C13H22ClNO2. The predicted octanol–water partition coefficient (Wildman–Crippen LogP) is 3.01. The minimum atomic E-state index is 0. The van der Waals surface area contributed by atoms with Crippen LogP contribution in [0, 0.1) is 0 Å². The molecule has 0 atom stereocenters. The van der Waals surface area contributed by atoms with Crippen molar-refractivity contribution in [2.75, 3.05) is 13.7 Å². The number of nitrogens with one attached hydrogen (secondary N) is 1. The van der Waals surface area contributed by atoms with Gasteiger partial charge >= 0.3 is 0 Å².